The van der Waals surface area contributed by atoms with Crippen LogP contribution in [0.4, 0.5) is 8.78 Å². The second-order valence-electron chi connectivity index (χ2n) is 6.38. The minimum atomic E-state index is -1.52. The van der Waals surface area contributed by atoms with Crippen LogP contribution >= 0.6 is 0 Å². The molecule has 5 rings (SSSR count). The van der Waals surface area contributed by atoms with Crippen LogP contribution < -0.4 is 0 Å². The smallest absolute Gasteiger partial charge is 0.193 e. The lowest BCUT2D eigenvalue weighted by Gasteiger charge is -2.08. The summed E-state index contributed by atoms with van der Waals surface area (Å²) in [4.78, 5) is 4.25. The molecule has 0 aliphatic heterocycles. The van der Waals surface area contributed by atoms with E-state index in [0.29, 0.717) is 22.5 Å². The summed E-state index contributed by atoms with van der Waals surface area (Å²) in [5.41, 5.74) is 2.74. The molecule has 0 aliphatic carbocycles. The van der Waals surface area contributed by atoms with Crippen molar-refractivity contribution in [1.82, 2.24) is 24.8 Å². The highest BCUT2D eigenvalue weighted by atomic mass is 19.1. The number of halogens is 2. The Morgan fingerprint density at radius 1 is 0.893 bits per heavy atom. The lowest BCUT2D eigenvalue weighted by molar-refractivity contribution is 0.377. The first kappa shape index (κ1) is 16.4. The first-order valence-electron chi connectivity index (χ1n) is 8.66. The number of pyridine rings is 1. The predicted molar refractivity (Wildman–Crippen MR) is 101 cm³/mol. The summed E-state index contributed by atoms with van der Waals surface area (Å²) < 4.78 is 30.2. The van der Waals surface area contributed by atoms with Gasteiger partial charge < -0.3 is 0 Å². The molecule has 1 unspecified atom stereocenters. The molecular weight excluding hydrogens is 360 g/mol. The largest absolute Gasteiger partial charge is 0.256 e. The maximum atomic E-state index is 15.3. The van der Waals surface area contributed by atoms with Crippen LogP contribution in [0.15, 0.2) is 72.9 Å². The van der Waals surface area contributed by atoms with Crippen molar-refractivity contribution in [3.63, 3.8) is 0 Å². The van der Waals surface area contributed by atoms with Gasteiger partial charge in [-0.05, 0) is 48.0 Å². The molecular formula is C21H13F2N5. The summed E-state index contributed by atoms with van der Waals surface area (Å²) >= 11 is 0. The summed E-state index contributed by atoms with van der Waals surface area (Å²) in [5.74, 6) is -0.298. The van der Waals surface area contributed by atoms with Crippen molar-refractivity contribution in [3.8, 4) is 11.3 Å². The zero-order valence-electron chi connectivity index (χ0n) is 14.5. The molecule has 3 aromatic heterocycles. The van der Waals surface area contributed by atoms with E-state index in [1.807, 2.05) is 6.07 Å². The van der Waals surface area contributed by atoms with E-state index in [2.05, 4.69) is 20.3 Å². The number of nitrogens with zero attached hydrogens (tertiary/aromatic N) is 5. The minimum absolute atomic E-state index is 0.0662. The minimum Gasteiger partial charge on any atom is -0.256 e. The van der Waals surface area contributed by atoms with Gasteiger partial charge in [0, 0.05) is 17.1 Å². The average molecular weight is 373 g/mol. The van der Waals surface area contributed by atoms with Crippen molar-refractivity contribution >= 4 is 16.6 Å². The summed E-state index contributed by atoms with van der Waals surface area (Å²) in [6.07, 6.45) is 0.175. The lowest BCUT2D eigenvalue weighted by Crippen LogP contribution is -2.05. The van der Waals surface area contributed by atoms with E-state index in [4.69, 9.17) is 0 Å². The van der Waals surface area contributed by atoms with E-state index < -0.39 is 6.17 Å². The van der Waals surface area contributed by atoms with Crippen LogP contribution in [0.1, 0.15) is 17.6 Å². The Balaban J connectivity index is 1.60. The van der Waals surface area contributed by atoms with Gasteiger partial charge in [-0.1, -0.05) is 24.3 Å². The van der Waals surface area contributed by atoms with E-state index in [1.54, 1.807) is 54.7 Å². The molecule has 0 bridgehead atoms. The van der Waals surface area contributed by atoms with Gasteiger partial charge in [0.15, 0.2) is 17.6 Å². The Morgan fingerprint density at radius 2 is 1.82 bits per heavy atom. The van der Waals surface area contributed by atoms with E-state index in [0.717, 1.165) is 10.9 Å². The number of hydrogen-bond acceptors (Lipinski definition) is 4. The van der Waals surface area contributed by atoms with E-state index in [9.17, 15) is 4.39 Å². The number of aromatic nitrogens is 5. The van der Waals surface area contributed by atoms with Crippen LogP contribution in [0.25, 0.3) is 27.8 Å². The maximum Gasteiger partial charge on any atom is 0.193 e. The highest BCUT2D eigenvalue weighted by Crippen LogP contribution is 2.28. The van der Waals surface area contributed by atoms with E-state index >= 15 is 4.39 Å². The van der Waals surface area contributed by atoms with Gasteiger partial charge in [-0.2, -0.15) is 9.61 Å². The third-order valence-electron chi connectivity index (χ3n) is 4.55. The molecule has 0 saturated heterocycles. The van der Waals surface area contributed by atoms with Crippen LogP contribution in [0.2, 0.25) is 0 Å². The van der Waals surface area contributed by atoms with Crippen LogP contribution in [-0.2, 0) is 0 Å². The molecule has 0 N–H and O–H groups in total. The standard InChI is InChI=1S/C21H13F2N5/c22-16-5-1-3-14(12-16)18-8-9-19-25-26-21(28(19)27-18)20(23)15-6-7-17-13(11-15)4-2-10-24-17/h1-12,20H. The van der Waals surface area contributed by atoms with Gasteiger partial charge in [-0.15, -0.1) is 10.2 Å². The molecule has 136 valence electrons. The van der Waals surface area contributed by atoms with E-state index in [-0.39, 0.29) is 11.6 Å². The molecule has 0 spiro atoms. The fraction of sp³-hybridized carbons (Fsp3) is 0.0476. The molecule has 2 aromatic carbocycles. The van der Waals surface area contributed by atoms with Crippen molar-refractivity contribution in [2.45, 2.75) is 6.17 Å². The summed E-state index contributed by atoms with van der Waals surface area (Å²) in [7, 11) is 0. The molecule has 5 aromatic rings. The summed E-state index contributed by atoms with van der Waals surface area (Å²) in [6, 6.07) is 18.3. The Kier molecular flexibility index (Phi) is 3.79. The van der Waals surface area contributed by atoms with Crippen LogP contribution in [-0.4, -0.2) is 24.8 Å². The fourth-order valence-corrected chi connectivity index (χ4v) is 3.17. The Bertz CT molecular complexity index is 1310. The average Bonchev–Trinajstić information content (AvgIpc) is 3.16. The second-order valence-corrected chi connectivity index (χ2v) is 6.38. The van der Waals surface area contributed by atoms with Gasteiger partial charge in [0.1, 0.15) is 5.82 Å². The normalized spacial score (nSPS) is 12.5. The van der Waals surface area contributed by atoms with Crippen LogP contribution in [0.5, 0.6) is 0 Å². The molecule has 0 amide bonds. The van der Waals surface area contributed by atoms with Gasteiger partial charge >= 0.3 is 0 Å². The Morgan fingerprint density at radius 3 is 2.71 bits per heavy atom. The lowest BCUT2D eigenvalue weighted by atomic mass is 10.1. The molecule has 0 fully saturated rings. The van der Waals surface area contributed by atoms with Crippen molar-refractivity contribution in [1.29, 1.82) is 0 Å². The summed E-state index contributed by atoms with van der Waals surface area (Å²) in [6.45, 7) is 0. The van der Waals surface area contributed by atoms with Gasteiger partial charge in [0.2, 0.25) is 0 Å². The van der Waals surface area contributed by atoms with Gasteiger partial charge in [0.05, 0.1) is 11.2 Å². The van der Waals surface area contributed by atoms with E-state index in [1.165, 1.54) is 16.6 Å². The number of hydrogen-bond donors (Lipinski definition) is 0. The van der Waals surface area contributed by atoms with Crippen LogP contribution in [0, 0.1) is 5.82 Å². The van der Waals surface area contributed by atoms with Crippen molar-refractivity contribution in [2.24, 2.45) is 0 Å². The van der Waals surface area contributed by atoms with Crippen molar-refractivity contribution < 1.29 is 8.78 Å². The third-order valence-corrected chi connectivity index (χ3v) is 4.55. The summed E-state index contributed by atoms with van der Waals surface area (Å²) in [5, 5.41) is 13.3. The molecule has 5 nitrogen and oxygen atoms in total. The predicted octanol–water partition coefficient (Wildman–Crippen LogP) is 4.54. The molecule has 0 saturated carbocycles. The molecule has 7 heteroatoms. The maximum absolute atomic E-state index is 15.3. The van der Waals surface area contributed by atoms with Crippen LogP contribution in [0.3, 0.4) is 0 Å². The number of benzene rings is 2. The fourth-order valence-electron chi connectivity index (χ4n) is 3.17. The number of fused-ring (bicyclic) bond motifs is 2. The van der Waals surface area contributed by atoms with Gasteiger partial charge in [-0.25, -0.2) is 8.78 Å². The molecule has 1 atom stereocenters. The topological polar surface area (TPSA) is 56.0 Å². The SMILES string of the molecule is Fc1cccc(-c2ccc3nnc(C(F)c4ccc5ncccc5c4)n3n2)c1. The molecule has 3 heterocycles. The number of alkyl halides is 1. The Hall–Kier alpha value is -3.74. The van der Waals surface area contributed by atoms with Gasteiger partial charge in [0.25, 0.3) is 0 Å². The second kappa shape index (κ2) is 6.45. The zero-order valence-corrected chi connectivity index (χ0v) is 14.5. The monoisotopic (exact) mass is 373 g/mol. The number of rotatable bonds is 3. The molecule has 28 heavy (non-hydrogen) atoms. The third kappa shape index (κ3) is 2.77. The molecule has 0 aliphatic rings. The first-order chi connectivity index (χ1) is 13.7. The highest BCUT2D eigenvalue weighted by Gasteiger charge is 2.21. The zero-order chi connectivity index (χ0) is 19.1. The molecule has 0 radical (unpaired) electrons. The van der Waals surface area contributed by atoms with Gasteiger partial charge in [-0.3, -0.25) is 4.98 Å². The highest BCUT2D eigenvalue weighted by molar-refractivity contribution is 5.79. The van der Waals surface area contributed by atoms with Crippen molar-refractivity contribution in [2.75, 3.05) is 0 Å². The quantitative estimate of drug-likeness (QED) is 0.466. The van der Waals surface area contributed by atoms with Crippen molar-refractivity contribution in [3.05, 3.63) is 90.1 Å². The first-order valence-corrected chi connectivity index (χ1v) is 8.66. The Labute approximate surface area is 158 Å².